The lowest BCUT2D eigenvalue weighted by Crippen LogP contribution is -2.37. The maximum absolute atomic E-state index is 13.0. The summed E-state index contributed by atoms with van der Waals surface area (Å²) in [5.41, 5.74) is 3.78. The van der Waals surface area contributed by atoms with E-state index < -0.39 is 0 Å². The highest BCUT2D eigenvalue weighted by Gasteiger charge is 2.32. The van der Waals surface area contributed by atoms with Crippen LogP contribution in [-0.2, 0) is 16.0 Å². The molecule has 2 aromatic rings. The maximum atomic E-state index is 13.0. The van der Waals surface area contributed by atoms with E-state index in [4.69, 9.17) is 9.97 Å². The number of hydrogen-bond donors (Lipinski definition) is 0. The van der Waals surface area contributed by atoms with Crippen molar-refractivity contribution in [2.75, 3.05) is 26.2 Å². The Morgan fingerprint density at radius 2 is 1.62 bits per heavy atom. The van der Waals surface area contributed by atoms with Crippen LogP contribution in [0.3, 0.4) is 0 Å². The average Bonchev–Trinajstić information content (AvgIpc) is 3.31. The van der Waals surface area contributed by atoms with Crippen molar-refractivity contribution in [2.45, 2.75) is 64.7 Å². The lowest BCUT2D eigenvalue weighted by Gasteiger charge is -2.27. The number of hydrogen-bond acceptors (Lipinski definition) is 4. The predicted octanol–water partition coefficient (Wildman–Crippen LogP) is 3.77. The Bertz CT molecular complexity index is 946. The van der Waals surface area contributed by atoms with Gasteiger partial charge in [-0.05, 0) is 52.0 Å². The molecule has 0 N–H and O–H groups in total. The molecule has 0 spiro atoms. The Morgan fingerprint density at radius 1 is 0.969 bits per heavy atom. The minimum absolute atomic E-state index is 0.145. The molecule has 0 bridgehead atoms. The van der Waals surface area contributed by atoms with Crippen LogP contribution in [0.25, 0.3) is 0 Å². The van der Waals surface area contributed by atoms with Crippen molar-refractivity contribution in [2.24, 2.45) is 0 Å². The second kappa shape index (κ2) is 9.80. The van der Waals surface area contributed by atoms with Crippen LogP contribution in [0.4, 0.5) is 0 Å². The molecule has 4 rings (SSSR count). The summed E-state index contributed by atoms with van der Waals surface area (Å²) in [5, 5.41) is 0. The van der Waals surface area contributed by atoms with Crippen molar-refractivity contribution in [1.82, 2.24) is 19.8 Å². The zero-order chi connectivity index (χ0) is 22.7. The molecule has 1 aromatic heterocycles. The fourth-order valence-electron chi connectivity index (χ4n) is 4.94. The van der Waals surface area contributed by atoms with E-state index in [1.165, 1.54) is 6.42 Å². The van der Waals surface area contributed by atoms with E-state index in [0.29, 0.717) is 13.0 Å². The number of piperidine rings is 1. The smallest absolute Gasteiger partial charge is 0.229 e. The fraction of sp³-hybridized carbons (Fsp3) is 0.538. The third-order valence-corrected chi connectivity index (χ3v) is 7.01. The molecule has 1 aromatic carbocycles. The van der Waals surface area contributed by atoms with Crippen molar-refractivity contribution < 1.29 is 9.59 Å². The standard InChI is InChI=1S/C26H34N4O2/c1-18(21-10-6-4-7-11-21)26(32)30-15-12-22(17-30)25-27-19(2)23(20(3)28-25)16-24(31)29-13-8-5-9-14-29/h4,6-7,10-11,18,22H,5,8-9,12-17H2,1-3H3/t18-,22+/m0/s1. The molecule has 170 valence electrons. The summed E-state index contributed by atoms with van der Waals surface area (Å²) in [5.74, 6) is 1.14. The van der Waals surface area contributed by atoms with E-state index in [1.807, 2.05) is 60.9 Å². The van der Waals surface area contributed by atoms with E-state index in [-0.39, 0.29) is 23.7 Å². The van der Waals surface area contributed by atoms with Gasteiger partial charge in [0, 0.05) is 49.0 Å². The van der Waals surface area contributed by atoms with Crippen LogP contribution in [0.1, 0.15) is 72.8 Å². The van der Waals surface area contributed by atoms with Crippen molar-refractivity contribution >= 4 is 11.8 Å². The van der Waals surface area contributed by atoms with Crippen LogP contribution >= 0.6 is 0 Å². The lowest BCUT2D eigenvalue weighted by molar-refractivity contribution is -0.132. The van der Waals surface area contributed by atoms with Gasteiger partial charge in [0.1, 0.15) is 5.82 Å². The maximum Gasteiger partial charge on any atom is 0.229 e. The summed E-state index contributed by atoms with van der Waals surface area (Å²) in [6.45, 7) is 9.05. The number of benzene rings is 1. The van der Waals surface area contributed by atoms with E-state index in [2.05, 4.69) is 0 Å². The van der Waals surface area contributed by atoms with Gasteiger partial charge in [0.25, 0.3) is 0 Å². The molecule has 2 fully saturated rings. The van der Waals surface area contributed by atoms with Crippen LogP contribution in [0.15, 0.2) is 30.3 Å². The molecule has 6 nitrogen and oxygen atoms in total. The number of carbonyl (C=O) groups excluding carboxylic acids is 2. The Labute approximate surface area is 191 Å². The molecule has 6 heteroatoms. The van der Waals surface area contributed by atoms with Crippen molar-refractivity contribution in [3.8, 4) is 0 Å². The third kappa shape index (κ3) is 4.84. The first kappa shape index (κ1) is 22.4. The number of rotatable bonds is 5. The average molecular weight is 435 g/mol. The molecule has 2 saturated heterocycles. The first-order chi connectivity index (χ1) is 15.4. The molecule has 2 amide bonds. The summed E-state index contributed by atoms with van der Waals surface area (Å²) in [7, 11) is 0. The third-order valence-electron chi connectivity index (χ3n) is 7.01. The predicted molar refractivity (Wildman–Crippen MR) is 124 cm³/mol. The Hall–Kier alpha value is -2.76. The van der Waals surface area contributed by atoms with Gasteiger partial charge in [-0.2, -0.15) is 0 Å². The Balaban J connectivity index is 1.42. The highest BCUT2D eigenvalue weighted by Crippen LogP contribution is 2.29. The van der Waals surface area contributed by atoms with Crippen LogP contribution < -0.4 is 0 Å². The minimum atomic E-state index is -0.150. The van der Waals surface area contributed by atoms with Gasteiger partial charge in [0.2, 0.25) is 11.8 Å². The van der Waals surface area contributed by atoms with E-state index in [9.17, 15) is 9.59 Å². The number of carbonyl (C=O) groups is 2. The highest BCUT2D eigenvalue weighted by atomic mass is 16.2. The van der Waals surface area contributed by atoms with Gasteiger partial charge in [0.05, 0.1) is 12.3 Å². The Kier molecular flexibility index (Phi) is 6.87. The quantitative estimate of drug-likeness (QED) is 0.719. The zero-order valence-corrected chi connectivity index (χ0v) is 19.5. The van der Waals surface area contributed by atoms with Gasteiger partial charge in [-0.1, -0.05) is 30.3 Å². The molecule has 2 aliphatic rings. The SMILES string of the molecule is Cc1nc([C@@H]2CCN(C(=O)[C@@H](C)c3ccccc3)C2)nc(C)c1CC(=O)N1CCCCC1. The van der Waals surface area contributed by atoms with Crippen molar-refractivity contribution in [3.05, 3.63) is 58.7 Å². The summed E-state index contributed by atoms with van der Waals surface area (Å²) >= 11 is 0. The molecule has 0 unspecified atom stereocenters. The largest absolute Gasteiger partial charge is 0.342 e. The minimum Gasteiger partial charge on any atom is -0.342 e. The summed E-state index contributed by atoms with van der Waals surface area (Å²) in [4.78, 5) is 39.3. The number of aryl methyl sites for hydroxylation is 2. The first-order valence-electron chi connectivity index (χ1n) is 11.9. The van der Waals surface area contributed by atoms with E-state index in [0.717, 1.165) is 67.2 Å². The molecule has 0 saturated carbocycles. The van der Waals surface area contributed by atoms with Crippen LogP contribution in [0.2, 0.25) is 0 Å². The van der Waals surface area contributed by atoms with Gasteiger partial charge < -0.3 is 9.80 Å². The molecule has 2 aliphatic heterocycles. The molecule has 0 radical (unpaired) electrons. The van der Waals surface area contributed by atoms with Gasteiger partial charge in [-0.15, -0.1) is 0 Å². The highest BCUT2D eigenvalue weighted by molar-refractivity contribution is 5.83. The summed E-state index contributed by atoms with van der Waals surface area (Å²) in [6, 6.07) is 9.94. The van der Waals surface area contributed by atoms with Crippen molar-refractivity contribution in [3.63, 3.8) is 0 Å². The topological polar surface area (TPSA) is 66.4 Å². The second-order valence-electron chi connectivity index (χ2n) is 9.25. The molecule has 2 atom stereocenters. The molecule has 0 aliphatic carbocycles. The number of likely N-dealkylation sites (tertiary alicyclic amines) is 2. The van der Waals surface area contributed by atoms with Crippen LogP contribution in [0, 0.1) is 13.8 Å². The number of amides is 2. The summed E-state index contributed by atoms with van der Waals surface area (Å²) < 4.78 is 0. The normalized spacial score (nSPS) is 19.8. The monoisotopic (exact) mass is 434 g/mol. The van der Waals surface area contributed by atoms with Crippen molar-refractivity contribution in [1.29, 1.82) is 0 Å². The second-order valence-corrected chi connectivity index (χ2v) is 9.25. The number of nitrogens with zero attached hydrogens (tertiary/aromatic N) is 4. The first-order valence-corrected chi connectivity index (χ1v) is 11.9. The molecular weight excluding hydrogens is 400 g/mol. The van der Waals surface area contributed by atoms with Gasteiger partial charge in [0.15, 0.2) is 0 Å². The van der Waals surface area contributed by atoms with Crippen LogP contribution in [-0.4, -0.2) is 57.8 Å². The molecule has 3 heterocycles. The van der Waals surface area contributed by atoms with E-state index >= 15 is 0 Å². The number of aromatic nitrogens is 2. The van der Waals surface area contributed by atoms with Crippen LogP contribution in [0.5, 0.6) is 0 Å². The fourth-order valence-corrected chi connectivity index (χ4v) is 4.94. The lowest BCUT2D eigenvalue weighted by atomic mass is 10.00. The van der Waals surface area contributed by atoms with Gasteiger partial charge in [-0.3, -0.25) is 9.59 Å². The van der Waals surface area contributed by atoms with Gasteiger partial charge in [-0.25, -0.2) is 9.97 Å². The zero-order valence-electron chi connectivity index (χ0n) is 19.5. The molecular formula is C26H34N4O2. The Morgan fingerprint density at radius 3 is 2.28 bits per heavy atom. The van der Waals surface area contributed by atoms with Gasteiger partial charge >= 0.3 is 0 Å². The molecule has 32 heavy (non-hydrogen) atoms. The van der Waals surface area contributed by atoms with E-state index in [1.54, 1.807) is 0 Å². The summed E-state index contributed by atoms with van der Waals surface area (Å²) in [6.07, 6.45) is 4.66.